The van der Waals surface area contributed by atoms with E-state index in [9.17, 15) is 15.0 Å². The molecular weight excluding hydrogens is 208 g/mol. The molecular formula is C12H20O4. The number of carboxylic acid groups (broad SMARTS) is 1. The highest BCUT2D eigenvalue weighted by atomic mass is 16.4. The zero-order valence-corrected chi connectivity index (χ0v) is 9.54. The van der Waals surface area contributed by atoms with Crippen molar-refractivity contribution in [3.05, 3.63) is 24.3 Å². The number of carboxylic acids is 1. The van der Waals surface area contributed by atoms with E-state index in [1.165, 1.54) is 12.2 Å². The average molecular weight is 228 g/mol. The molecule has 0 aliphatic carbocycles. The molecule has 4 heteroatoms. The van der Waals surface area contributed by atoms with Crippen LogP contribution in [0.4, 0.5) is 0 Å². The summed E-state index contributed by atoms with van der Waals surface area (Å²) in [6.45, 7) is 2.04. The van der Waals surface area contributed by atoms with E-state index in [-0.39, 0.29) is 6.42 Å². The first-order valence-electron chi connectivity index (χ1n) is 5.50. The van der Waals surface area contributed by atoms with Gasteiger partial charge in [-0.1, -0.05) is 38.0 Å². The lowest BCUT2D eigenvalue weighted by atomic mass is 10.1. The molecule has 0 fully saturated rings. The lowest BCUT2D eigenvalue weighted by molar-refractivity contribution is -0.131. The summed E-state index contributed by atoms with van der Waals surface area (Å²) in [4.78, 5) is 10.1. The second-order valence-electron chi connectivity index (χ2n) is 3.64. The van der Waals surface area contributed by atoms with Crippen molar-refractivity contribution in [1.29, 1.82) is 0 Å². The Kier molecular flexibility index (Phi) is 8.48. The van der Waals surface area contributed by atoms with Crippen LogP contribution in [0.25, 0.3) is 0 Å². The highest BCUT2D eigenvalue weighted by Gasteiger charge is 2.00. The first-order chi connectivity index (χ1) is 7.56. The standard InChI is InChI=1S/C12H20O4/c1-2-3-5-10(13)8-9-11(14)6-4-7-12(15)16/h4,7-11,13-14H,2-3,5-6H2,1H3,(H,15,16)/b7-4+,9-8+. The van der Waals surface area contributed by atoms with E-state index < -0.39 is 18.2 Å². The van der Waals surface area contributed by atoms with Crippen LogP contribution < -0.4 is 0 Å². The predicted octanol–water partition coefficient (Wildman–Crippen LogP) is 1.49. The van der Waals surface area contributed by atoms with Gasteiger partial charge in [-0.2, -0.15) is 0 Å². The molecule has 0 radical (unpaired) electrons. The molecule has 16 heavy (non-hydrogen) atoms. The third kappa shape index (κ3) is 9.43. The van der Waals surface area contributed by atoms with Gasteiger partial charge in [0, 0.05) is 6.08 Å². The Labute approximate surface area is 95.9 Å². The predicted molar refractivity (Wildman–Crippen MR) is 62.1 cm³/mol. The van der Waals surface area contributed by atoms with Crippen molar-refractivity contribution in [1.82, 2.24) is 0 Å². The third-order valence-electron chi connectivity index (χ3n) is 2.05. The largest absolute Gasteiger partial charge is 0.478 e. The fourth-order valence-electron chi connectivity index (χ4n) is 1.15. The second-order valence-corrected chi connectivity index (χ2v) is 3.64. The summed E-state index contributed by atoms with van der Waals surface area (Å²) in [7, 11) is 0. The van der Waals surface area contributed by atoms with Gasteiger partial charge < -0.3 is 15.3 Å². The summed E-state index contributed by atoms with van der Waals surface area (Å²) >= 11 is 0. The molecule has 2 atom stereocenters. The van der Waals surface area contributed by atoms with E-state index in [1.54, 1.807) is 6.08 Å². The Morgan fingerprint density at radius 2 is 1.88 bits per heavy atom. The molecule has 92 valence electrons. The number of aliphatic hydroxyl groups is 2. The van der Waals surface area contributed by atoms with Gasteiger partial charge in [-0.15, -0.1) is 0 Å². The van der Waals surface area contributed by atoms with Crippen molar-refractivity contribution in [2.45, 2.75) is 44.8 Å². The maximum atomic E-state index is 10.1. The quantitative estimate of drug-likeness (QED) is 0.434. The molecule has 0 bridgehead atoms. The van der Waals surface area contributed by atoms with Gasteiger partial charge >= 0.3 is 5.97 Å². The van der Waals surface area contributed by atoms with Crippen LogP contribution in [0, 0.1) is 0 Å². The summed E-state index contributed by atoms with van der Waals surface area (Å²) in [6.07, 6.45) is 7.04. The average Bonchev–Trinajstić information content (AvgIpc) is 2.23. The molecule has 0 aromatic heterocycles. The van der Waals surface area contributed by atoms with Crippen molar-refractivity contribution in [2.24, 2.45) is 0 Å². The van der Waals surface area contributed by atoms with Gasteiger partial charge in [0.05, 0.1) is 12.2 Å². The Morgan fingerprint density at radius 3 is 2.44 bits per heavy atom. The van der Waals surface area contributed by atoms with Gasteiger partial charge in [-0.05, 0) is 12.8 Å². The number of hydrogen-bond donors (Lipinski definition) is 3. The smallest absolute Gasteiger partial charge is 0.327 e. The zero-order chi connectivity index (χ0) is 12.4. The van der Waals surface area contributed by atoms with Crippen LogP contribution in [0.15, 0.2) is 24.3 Å². The molecule has 4 nitrogen and oxygen atoms in total. The highest BCUT2D eigenvalue weighted by molar-refractivity contribution is 5.79. The molecule has 0 aliphatic rings. The summed E-state index contributed by atoms with van der Waals surface area (Å²) in [5.41, 5.74) is 0. The lowest BCUT2D eigenvalue weighted by Crippen LogP contribution is -2.06. The van der Waals surface area contributed by atoms with Crippen LogP contribution >= 0.6 is 0 Å². The van der Waals surface area contributed by atoms with Crippen LogP contribution in [-0.2, 0) is 4.79 Å². The first-order valence-corrected chi connectivity index (χ1v) is 5.50. The summed E-state index contributed by atoms with van der Waals surface area (Å²) < 4.78 is 0. The topological polar surface area (TPSA) is 77.8 Å². The minimum atomic E-state index is -1.03. The molecule has 0 amide bonds. The summed E-state index contributed by atoms with van der Waals surface area (Å²) in [6, 6.07) is 0. The van der Waals surface area contributed by atoms with Gasteiger partial charge in [0.25, 0.3) is 0 Å². The van der Waals surface area contributed by atoms with E-state index in [0.29, 0.717) is 6.42 Å². The normalized spacial score (nSPS) is 15.7. The van der Waals surface area contributed by atoms with E-state index in [1.807, 2.05) is 6.92 Å². The van der Waals surface area contributed by atoms with Crippen LogP contribution in [-0.4, -0.2) is 33.5 Å². The zero-order valence-electron chi connectivity index (χ0n) is 9.54. The highest BCUT2D eigenvalue weighted by Crippen LogP contribution is 2.03. The number of hydrogen-bond acceptors (Lipinski definition) is 3. The van der Waals surface area contributed by atoms with Crippen molar-refractivity contribution in [3.8, 4) is 0 Å². The SMILES string of the molecule is CCCCC(O)/C=C/C(O)C/C=C/C(=O)O. The van der Waals surface area contributed by atoms with Gasteiger partial charge in [0.1, 0.15) is 0 Å². The summed E-state index contributed by atoms with van der Waals surface area (Å²) in [5, 5.41) is 27.1. The number of rotatable bonds is 8. The molecule has 0 aromatic rings. The fourth-order valence-corrected chi connectivity index (χ4v) is 1.15. The number of aliphatic hydroxyl groups excluding tert-OH is 2. The number of unbranched alkanes of at least 4 members (excludes halogenated alkanes) is 1. The van der Waals surface area contributed by atoms with Crippen molar-refractivity contribution in [3.63, 3.8) is 0 Å². The molecule has 3 N–H and O–H groups in total. The van der Waals surface area contributed by atoms with E-state index >= 15 is 0 Å². The van der Waals surface area contributed by atoms with Crippen molar-refractivity contribution >= 4 is 5.97 Å². The maximum Gasteiger partial charge on any atom is 0.327 e. The van der Waals surface area contributed by atoms with Crippen LogP contribution in [0.2, 0.25) is 0 Å². The van der Waals surface area contributed by atoms with Gasteiger partial charge in [0.2, 0.25) is 0 Å². The molecule has 0 rings (SSSR count). The van der Waals surface area contributed by atoms with Gasteiger partial charge in [0.15, 0.2) is 0 Å². The molecule has 0 saturated heterocycles. The van der Waals surface area contributed by atoms with Crippen LogP contribution in [0.5, 0.6) is 0 Å². The van der Waals surface area contributed by atoms with Gasteiger partial charge in [-0.3, -0.25) is 0 Å². The lowest BCUT2D eigenvalue weighted by Gasteiger charge is -2.05. The molecule has 0 saturated carbocycles. The molecule has 2 unspecified atom stereocenters. The number of aliphatic carboxylic acids is 1. The van der Waals surface area contributed by atoms with E-state index in [0.717, 1.165) is 18.9 Å². The van der Waals surface area contributed by atoms with Crippen LogP contribution in [0.3, 0.4) is 0 Å². The minimum absolute atomic E-state index is 0.239. The maximum absolute atomic E-state index is 10.1. The summed E-state index contributed by atoms with van der Waals surface area (Å²) in [5.74, 6) is -1.03. The van der Waals surface area contributed by atoms with Gasteiger partial charge in [-0.25, -0.2) is 4.79 Å². The fraction of sp³-hybridized carbons (Fsp3) is 0.583. The van der Waals surface area contributed by atoms with E-state index in [4.69, 9.17) is 5.11 Å². The monoisotopic (exact) mass is 228 g/mol. The Balaban J connectivity index is 3.80. The Hall–Kier alpha value is -1.13. The minimum Gasteiger partial charge on any atom is -0.478 e. The Morgan fingerprint density at radius 1 is 1.25 bits per heavy atom. The van der Waals surface area contributed by atoms with Crippen molar-refractivity contribution < 1.29 is 20.1 Å². The third-order valence-corrected chi connectivity index (χ3v) is 2.05. The van der Waals surface area contributed by atoms with Crippen molar-refractivity contribution in [2.75, 3.05) is 0 Å². The Bertz CT molecular complexity index is 245. The second kappa shape index (κ2) is 9.12. The molecule has 0 aromatic carbocycles. The first kappa shape index (κ1) is 14.9. The molecule has 0 heterocycles. The number of carbonyl (C=O) groups is 1. The molecule has 0 spiro atoms. The molecule has 0 aliphatic heterocycles. The van der Waals surface area contributed by atoms with E-state index in [2.05, 4.69) is 0 Å². The van der Waals surface area contributed by atoms with Crippen LogP contribution in [0.1, 0.15) is 32.6 Å².